The maximum Gasteiger partial charge on any atom is 0.328 e. The number of anilines is 1. The van der Waals surface area contributed by atoms with Crippen LogP contribution in [0.2, 0.25) is 0 Å². The molecule has 2 amide bonds. The molecule has 2 N–H and O–H groups in total. The van der Waals surface area contributed by atoms with Gasteiger partial charge in [0.1, 0.15) is 6.04 Å². The van der Waals surface area contributed by atoms with E-state index in [4.69, 9.17) is 10.00 Å². The second-order valence-electron chi connectivity index (χ2n) is 6.10. The fourth-order valence-electron chi connectivity index (χ4n) is 2.35. The number of non-ortho nitro benzene ring substituents is 1. The number of hydrogen-bond donors (Lipinski definition) is 2. The van der Waals surface area contributed by atoms with Crippen molar-refractivity contribution in [3.63, 3.8) is 0 Å². The number of nitrogens with zero attached hydrogens (tertiary/aromatic N) is 2. The first-order chi connectivity index (χ1) is 14.8. The van der Waals surface area contributed by atoms with Gasteiger partial charge in [-0.15, -0.1) is 11.8 Å². The van der Waals surface area contributed by atoms with Gasteiger partial charge in [0, 0.05) is 22.6 Å². The third kappa shape index (κ3) is 7.13. The molecule has 0 bridgehead atoms. The predicted molar refractivity (Wildman–Crippen MR) is 112 cm³/mol. The summed E-state index contributed by atoms with van der Waals surface area (Å²) in [5, 5.41) is 24.5. The van der Waals surface area contributed by atoms with Gasteiger partial charge in [-0.3, -0.25) is 19.7 Å². The van der Waals surface area contributed by atoms with Crippen LogP contribution in [-0.4, -0.2) is 41.1 Å². The van der Waals surface area contributed by atoms with Gasteiger partial charge in [-0.25, -0.2) is 4.79 Å². The zero-order valence-electron chi connectivity index (χ0n) is 16.4. The third-order valence-electron chi connectivity index (χ3n) is 3.82. The average molecular weight is 442 g/mol. The van der Waals surface area contributed by atoms with Crippen molar-refractivity contribution in [2.24, 2.45) is 0 Å². The van der Waals surface area contributed by atoms with Gasteiger partial charge >= 0.3 is 5.97 Å². The standard InChI is InChI=1S/C20H18N4O6S/c1-13(22-19(26)14-5-4-6-15(11-14)24(28)29)20(27)30-12-18(25)23-16-7-2-3-8-17(16)31-10-9-21/h2-8,11,13H,10,12H2,1H3,(H,22,26)(H,23,25)/t13-/m0/s1. The van der Waals surface area contributed by atoms with Crippen LogP contribution in [-0.2, 0) is 14.3 Å². The molecular weight excluding hydrogens is 424 g/mol. The van der Waals surface area contributed by atoms with Gasteiger partial charge < -0.3 is 15.4 Å². The molecule has 0 saturated carbocycles. The predicted octanol–water partition coefficient (Wildman–Crippen LogP) is 2.51. The summed E-state index contributed by atoms with van der Waals surface area (Å²) >= 11 is 1.25. The molecule has 0 aliphatic heterocycles. The summed E-state index contributed by atoms with van der Waals surface area (Å²) in [4.78, 5) is 47.2. The van der Waals surface area contributed by atoms with Crippen molar-refractivity contribution in [2.45, 2.75) is 17.9 Å². The van der Waals surface area contributed by atoms with E-state index in [1.165, 1.54) is 36.9 Å². The van der Waals surface area contributed by atoms with Crippen molar-refractivity contribution >= 4 is 40.9 Å². The van der Waals surface area contributed by atoms with E-state index < -0.39 is 35.4 Å². The molecule has 0 spiro atoms. The Hall–Kier alpha value is -3.91. The maximum absolute atomic E-state index is 12.2. The van der Waals surface area contributed by atoms with Crippen molar-refractivity contribution in [1.82, 2.24) is 5.32 Å². The number of para-hydroxylation sites is 1. The molecule has 0 aliphatic carbocycles. The number of nitrogens with one attached hydrogen (secondary N) is 2. The fourth-order valence-corrected chi connectivity index (χ4v) is 3.02. The first kappa shape index (κ1) is 23.4. The lowest BCUT2D eigenvalue weighted by Gasteiger charge is -2.14. The monoisotopic (exact) mass is 442 g/mol. The van der Waals surface area contributed by atoms with Gasteiger partial charge in [0.2, 0.25) is 0 Å². The van der Waals surface area contributed by atoms with Crippen LogP contribution in [0.4, 0.5) is 11.4 Å². The van der Waals surface area contributed by atoms with Crippen LogP contribution in [0.1, 0.15) is 17.3 Å². The van der Waals surface area contributed by atoms with Crippen LogP contribution in [0.5, 0.6) is 0 Å². The van der Waals surface area contributed by atoms with Crippen molar-refractivity contribution < 1.29 is 24.0 Å². The van der Waals surface area contributed by atoms with E-state index in [1.54, 1.807) is 24.3 Å². The van der Waals surface area contributed by atoms with Crippen LogP contribution in [0, 0.1) is 21.4 Å². The van der Waals surface area contributed by atoms with Crippen molar-refractivity contribution in [3.8, 4) is 6.07 Å². The highest BCUT2D eigenvalue weighted by atomic mass is 32.2. The van der Waals surface area contributed by atoms with Crippen molar-refractivity contribution in [3.05, 3.63) is 64.2 Å². The highest BCUT2D eigenvalue weighted by molar-refractivity contribution is 7.99. The second kappa shape index (κ2) is 11.3. The Morgan fingerprint density at radius 3 is 2.68 bits per heavy atom. The first-order valence-corrected chi connectivity index (χ1v) is 9.91. The molecule has 2 aromatic rings. The van der Waals surface area contributed by atoms with Gasteiger partial charge in [-0.05, 0) is 25.1 Å². The molecule has 160 valence electrons. The summed E-state index contributed by atoms with van der Waals surface area (Å²) in [6, 6.07) is 12.8. The number of ether oxygens (including phenoxy) is 1. The molecule has 2 rings (SSSR count). The van der Waals surface area contributed by atoms with E-state index in [1.807, 2.05) is 6.07 Å². The number of esters is 1. The van der Waals surface area contributed by atoms with Gasteiger partial charge in [-0.2, -0.15) is 5.26 Å². The number of nitro groups is 1. The molecule has 0 unspecified atom stereocenters. The van der Waals surface area contributed by atoms with E-state index in [0.29, 0.717) is 10.6 Å². The number of hydrogen-bond acceptors (Lipinski definition) is 8. The molecule has 0 fully saturated rings. The lowest BCUT2D eigenvalue weighted by molar-refractivity contribution is -0.384. The zero-order valence-corrected chi connectivity index (χ0v) is 17.2. The molecule has 0 radical (unpaired) electrons. The highest BCUT2D eigenvalue weighted by Gasteiger charge is 2.20. The largest absolute Gasteiger partial charge is 0.454 e. The Bertz CT molecular complexity index is 1040. The minimum Gasteiger partial charge on any atom is -0.454 e. The minimum absolute atomic E-state index is 0.0121. The Morgan fingerprint density at radius 1 is 1.23 bits per heavy atom. The molecule has 0 aliphatic rings. The highest BCUT2D eigenvalue weighted by Crippen LogP contribution is 2.26. The number of amides is 2. The normalized spacial score (nSPS) is 11.0. The number of carbonyl (C=O) groups excluding carboxylic acids is 3. The van der Waals surface area contributed by atoms with E-state index in [-0.39, 0.29) is 17.0 Å². The molecule has 11 heteroatoms. The van der Waals surface area contributed by atoms with Crippen LogP contribution in [0.15, 0.2) is 53.4 Å². The molecule has 1 atom stereocenters. The van der Waals surface area contributed by atoms with Crippen LogP contribution in [0.3, 0.4) is 0 Å². The Labute approximate surface area is 181 Å². The summed E-state index contributed by atoms with van der Waals surface area (Å²) in [5.41, 5.74) is 0.238. The lowest BCUT2D eigenvalue weighted by atomic mass is 10.2. The topological polar surface area (TPSA) is 151 Å². The second-order valence-corrected chi connectivity index (χ2v) is 7.12. The van der Waals surface area contributed by atoms with Gasteiger partial charge in [-0.1, -0.05) is 18.2 Å². The number of rotatable bonds is 9. The number of thioether (sulfide) groups is 1. The van der Waals surface area contributed by atoms with Crippen molar-refractivity contribution in [2.75, 3.05) is 17.7 Å². The lowest BCUT2D eigenvalue weighted by Crippen LogP contribution is -2.40. The Kier molecular flexibility index (Phi) is 8.53. The van der Waals surface area contributed by atoms with Crippen LogP contribution >= 0.6 is 11.8 Å². The first-order valence-electron chi connectivity index (χ1n) is 8.92. The summed E-state index contributed by atoms with van der Waals surface area (Å²) in [6.07, 6.45) is 0. The fraction of sp³-hybridized carbons (Fsp3) is 0.200. The van der Waals surface area contributed by atoms with E-state index in [2.05, 4.69) is 10.6 Å². The summed E-state index contributed by atoms with van der Waals surface area (Å²) in [7, 11) is 0. The number of benzene rings is 2. The van der Waals surface area contributed by atoms with Crippen LogP contribution < -0.4 is 10.6 Å². The SMILES string of the molecule is C[C@H](NC(=O)c1cccc([N+](=O)[O-])c1)C(=O)OCC(=O)Nc1ccccc1SCC#N. The maximum atomic E-state index is 12.2. The summed E-state index contributed by atoms with van der Waals surface area (Å²) in [6.45, 7) is 0.788. The number of nitriles is 1. The van der Waals surface area contributed by atoms with Crippen molar-refractivity contribution in [1.29, 1.82) is 5.26 Å². The van der Waals surface area contributed by atoms with Gasteiger partial charge in [0.15, 0.2) is 6.61 Å². The molecule has 0 heterocycles. The summed E-state index contributed by atoms with van der Waals surface area (Å²) < 4.78 is 4.92. The minimum atomic E-state index is -1.09. The van der Waals surface area contributed by atoms with Gasteiger partial charge in [0.25, 0.3) is 17.5 Å². The molecule has 0 aromatic heterocycles. The van der Waals surface area contributed by atoms with E-state index in [0.717, 1.165) is 6.07 Å². The number of nitro benzene ring substituents is 1. The molecule has 2 aromatic carbocycles. The Morgan fingerprint density at radius 2 is 1.97 bits per heavy atom. The molecule has 31 heavy (non-hydrogen) atoms. The van der Waals surface area contributed by atoms with Crippen LogP contribution in [0.25, 0.3) is 0 Å². The van der Waals surface area contributed by atoms with Gasteiger partial charge in [0.05, 0.1) is 22.4 Å². The summed E-state index contributed by atoms with van der Waals surface area (Å²) in [5.74, 6) is -1.92. The zero-order chi connectivity index (χ0) is 22.8. The smallest absolute Gasteiger partial charge is 0.328 e. The molecule has 10 nitrogen and oxygen atoms in total. The molecular formula is C20H18N4O6S. The van der Waals surface area contributed by atoms with E-state index in [9.17, 15) is 24.5 Å². The van der Waals surface area contributed by atoms with E-state index >= 15 is 0 Å². The molecule has 0 saturated heterocycles. The quantitative estimate of drug-likeness (QED) is 0.260. The Balaban J connectivity index is 1.87. The average Bonchev–Trinajstić information content (AvgIpc) is 2.76. The number of carbonyl (C=O) groups is 3. The third-order valence-corrected chi connectivity index (χ3v) is 4.76.